The minimum atomic E-state index is -0.490. The van der Waals surface area contributed by atoms with E-state index < -0.39 is 6.10 Å². The van der Waals surface area contributed by atoms with E-state index in [1.165, 1.54) is 16.7 Å². The Morgan fingerprint density at radius 1 is 0.720 bits per heavy atom. The topological polar surface area (TPSA) is 23.5 Å². The highest BCUT2D eigenvalue weighted by atomic mass is 16.3. The van der Waals surface area contributed by atoms with Gasteiger partial charge in [-0.25, -0.2) is 0 Å². The minimum Gasteiger partial charge on any atom is -0.387 e. The van der Waals surface area contributed by atoms with Crippen molar-refractivity contribution in [1.82, 2.24) is 4.90 Å². The maximum atomic E-state index is 10.6. The van der Waals surface area contributed by atoms with Gasteiger partial charge in [-0.3, -0.25) is 4.90 Å². The molecule has 0 amide bonds. The van der Waals surface area contributed by atoms with Crippen molar-refractivity contribution in [3.63, 3.8) is 0 Å². The van der Waals surface area contributed by atoms with Crippen molar-refractivity contribution in [2.24, 2.45) is 0 Å². The molecular formula is C23H25NO. The van der Waals surface area contributed by atoms with Gasteiger partial charge in [-0.15, -0.1) is 0 Å². The van der Waals surface area contributed by atoms with Crippen LogP contribution < -0.4 is 0 Å². The molecule has 3 aromatic carbocycles. The summed E-state index contributed by atoms with van der Waals surface area (Å²) in [7, 11) is 0. The second kappa shape index (κ2) is 8.61. The molecule has 2 nitrogen and oxygen atoms in total. The molecule has 3 rings (SSSR count). The van der Waals surface area contributed by atoms with Gasteiger partial charge < -0.3 is 5.11 Å². The maximum Gasteiger partial charge on any atom is 0.0917 e. The first kappa shape index (κ1) is 17.4. The number of benzene rings is 3. The Labute approximate surface area is 150 Å². The number of aryl methyl sites for hydroxylation is 1. The Kier molecular flexibility index (Phi) is 5.99. The summed E-state index contributed by atoms with van der Waals surface area (Å²) in [5.41, 5.74) is 4.75. The molecule has 1 unspecified atom stereocenters. The first-order valence-electron chi connectivity index (χ1n) is 8.75. The lowest BCUT2D eigenvalue weighted by molar-refractivity contribution is 0.105. The molecule has 1 atom stereocenters. The summed E-state index contributed by atoms with van der Waals surface area (Å²) in [6, 6.07) is 28.9. The Bertz CT molecular complexity index is 753. The van der Waals surface area contributed by atoms with Crippen LogP contribution in [0.1, 0.15) is 28.4 Å². The third kappa shape index (κ3) is 5.28. The van der Waals surface area contributed by atoms with E-state index in [0.29, 0.717) is 6.54 Å². The molecule has 0 saturated heterocycles. The molecule has 0 spiro atoms. The lowest BCUT2D eigenvalue weighted by Gasteiger charge is -2.25. The van der Waals surface area contributed by atoms with Gasteiger partial charge >= 0.3 is 0 Å². The largest absolute Gasteiger partial charge is 0.387 e. The quantitative estimate of drug-likeness (QED) is 0.676. The lowest BCUT2D eigenvalue weighted by Crippen LogP contribution is -2.28. The van der Waals surface area contributed by atoms with Crippen molar-refractivity contribution in [3.05, 3.63) is 107 Å². The summed E-state index contributed by atoms with van der Waals surface area (Å²) in [5.74, 6) is 0. The van der Waals surface area contributed by atoms with Crippen LogP contribution in [0.3, 0.4) is 0 Å². The summed E-state index contributed by atoms with van der Waals surface area (Å²) in [6.45, 7) is 4.34. The van der Waals surface area contributed by atoms with Crippen LogP contribution >= 0.6 is 0 Å². The first-order chi connectivity index (χ1) is 12.2. The van der Waals surface area contributed by atoms with Gasteiger partial charge in [-0.2, -0.15) is 0 Å². The maximum absolute atomic E-state index is 10.6. The molecule has 0 aliphatic rings. The predicted octanol–water partition coefficient (Wildman–Crippen LogP) is 4.73. The van der Waals surface area contributed by atoms with Crippen molar-refractivity contribution in [2.75, 3.05) is 6.54 Å². The monoisotopic (exact) mass is 331 g/mol. The van der Waals surface area contributed by atoms with E-state index in [2.05, 4.69) is 60.4 Å². The van der Waals surface area contributed by atoms with E-state index >= 15 is 0 Å². The molecule has 1 N–H and O–H groups in total. The smallest absolute Gasteiger partial charge is 0.0917 e. The molecule has 0 radical (unpaired) electrons. The lowest BCUT2D eigenvalue weighted by atomic mass is 10.1. The third-order valence-electron chi connectivity index (χ3n) is 4.39. The van der Waals surface area contributed by atoms with E-state index in [0.717, 1.165) is 18.7 Å². The molecule has 0 aliphatic heterocycles. The zero-order chi connectivity index (χ0) is 17.5. The summed E-state index contributed by atoms with van der Waals surface area (Å²) in [5, 5.41) is 10.6. The van der Waals surface area contributed by atoms with E-state index in [1.807, 2.05) is 36.4 Å². The molecule has 128 valence electrons. The van der Waals surface area contributed by atoms with E-state index in [9.17, 15) is 5.11 Å². The van der Waals surface area contributed by atoms with Crippen molar-refractivity contribution >= 4 is 0 Å². The van der Waals surface area contributed by atoms with E-state index in [1.54, 1.807) is 0 Å². The van der Waals surface area contributed by atoms with Crippen LogP contribution in [0.15, 0.2) is 84.9 Å². The predicted molar refractivity (Wildman–Crippen MR) is 103 cm³/mol. The van der Waals surface area contributed by atoms with Crippen LogP contribution in [0.2, 0.25) is 0 Å². The molecule has 3 aromatic rings. The molecule has 0 saturated carbocycles. The zero-order valence-corrected chi connectivity index (χ0v) is 14.7. The van der Waals surface area contributed by atoms with Crippen molar-refractivity contribution in [2.45, 2.75) is 26.1 Å². The fourth-order valence-electron chi connectivity index (χ4n) is 3.00. The van der Waals surface area contributed by atoms with Crippen LogP contribution in [0.4, 0.5) is 0 Å². The molecule has 0 aliphatic carbocycles. The fraction of sp³-hybridized carbons (Fsp3) is 0.217. The molecular weight excluding hydrogens is 306 g/mol. The summed E-state index contributed by atoms with van der Waals surface area (Å²) in [6.07, 6.45) is -0.490. The Hall–Kier alpha value is -2.42. The Balaban J connectivity index is 1.74. The van der Waals surface area contributed by atoms with Gasteiger partial charge in [0.1, 0.15) is 0 Å². The highest BCUT2D eigenvalue weighted by molar-refractivity contribution is 5.22. The van der Waals surface area contributed by atoms with Crippen LogP contribution in [-0.2, 0) is 13.1 Å². The molecule has 0 heterocycles. The average Bonchev–Trinajstić information content (AvgIpc) is 2.65. The average molecular weight is 331 g/mol. The Morgan fingerprint density at radius 2 is 1.24 bits per heavy atom. The van der Waals surface area contributed by atoms with Gasteiger partial charge in [0.15, 0.2) is 0 Å². The molecule has 0 bridgehead atoms. The molecule has 25 heavy (non-hydrogen) atoms. The SMILES string of the molecule is Cc1ccc(CN(Cc2ccccc2)CC(O)c2ccccc2)cc1. The number of nitrogens with zero attached hydrogens (tertiary/aromatic N) is 1. The minimum absolute atomic E-state index is 0.490. The summed E-state index contributed by atoms with van der Waals surface area (Å²) >= 11 is 0. The second-order valence-corrected chi connectivity index (χ2v) is 6.57. The number of hydrogen-bond acceptors (Lipinski definition) is 2. The normalized spacial score (nSPS) is 12.3. The van der Waals surface area contributed by atoms with E-state index in [-0.39, 0.29) is 0 Å². The van der Waals surface area contributed by atoms with Gasteiger partial charge in [0.2, 0.25) is 0 Å². The highest BCUT2D eigenvalue weighted by Crippen LogP contribution is 2.18. The molecule has 0 aromatic heterocycles. The van der Waals surface area contributed by atoms with Gasteiger partial charge in [0.25, 0.3) is 0 Å². The van der Waals surface area contributed by atoms with Crippen LogP contribution in [-0.4, -0.2) is 16.6 Å². The van der Waals surface area contributed by atoms with Crippen LogP contribution in [0.5, 0.6) is 0 Å². The summed E-state index contributed by atoms with van der Waals surface area (Å²) in [4.78, 5) is 2.30. The zero-order valence-electron chi connectivity index (χ0n) is 14.7. The number of rotatable bonds is 7. The van der Waals surface area contributed by atoms with Gasteiger partial charge in [0.05, 0.1) is 6.10 Å². The third-order valence-corrected chi connectivity index (χ3v) is 4.39. The van der Waals surface area contributed by atoms with Crippen LogP contribution in [0, 0.1) is 6.92 Å². The molecule has 2 heteroatoms. The Morgan fingerprint density at radius 3 is 1.84 bits per heavy atom. The molecule has 0 fully saturated rings. The number of hydrogen-bond donors (Lipinski definition) is 1. The highest BCUT2D eigenvalue weighted by Gasteiger charge is 2.14. The van der Waals surface area contributed by atoms with Crippen molar-refractivity contribution in [3.8, 4) is 0 Å². The summed E-state index contributed by atoms with van der Waals surface area (Å²) < 4.78 is 0. The van der Waals surface area contributed by atoms with Gasteiger partial charge in [-0.05, 0) is 23.6 Å². The van der Waals surface area contributed by atoms with Crippen molar-refractivity contribution < 1.29 is 5.11 Å². The van der Waals surface area contributed by atoms with Gasteiger partial charge in [-0.1, -0.05) is 90.5 Å². The fourth-order valence-corrected chi connectivity index (χ4v) is 3.00. The van der Waals surface area contributed by atoms with Crippen LogP contribution in [0.25, 0.3) is 0 Å². The second-order valence-electron chi connectivity index (χ2n) is 6.57. The number of aliphatic hydroxyl groups is 1. The van der Waals surface area contributed by atoms with E-state index in [4.69, 9.17) is 0 Å². The van der Waals surface area contributed by atoms with Crippen molar-refractivity contribution in [1.29, 1.82) is 0 Å². The first-order valence-corrected chi connectivity index (χ1v) is 8.75. The number of aliphatic hydroxyl groups excluding tert-OH is 1. The standard InChI is InChI=1S/C23H25NO/c1-19-12-14-21(15-13-19)17-24(16-20-8-4-2-5-9-20)18-23(25)22-10-6-3-7-11-22/h2-15,23,25H,16-18H2,1H3. The van der Waals surface area contributed by atoms with Gasteiger partial charge in [0, 0.05) is 19.6 Å².